The standard InChI is InChI=1S/C30H33ClN2O3/c31-24-9-7-22(8-10-24)23-13-17-33(18-14-23)16-2-4-25-26-3-1-15-32-28(26)20-36-29-11-5-21(19-27(25)29)6-12-30(34)35/h1,3-5,7-11,15,19,23,26,28H,2,6,12-14,16-18,20H2,(H,34,35)/b25-4+. The number of carbonyl (C=O) groups is 1. The molecule has 0 aliphatic carbocycles. The van der Waals surface area contributed by atoms with Gasteiger partial charge in [0, 0.05) is 35.7 Å². The number of piperidine rings is 1. The minimum absolute atomic E-state index is 0.0613. The average molecular weight is 505 g/mol. The van der Waals surface area contributed by atoms with E-state index < -0.39 is 5.97 Å². The largest absolute Gasteiger partial charge is 0.491 e. The molecule has 0 aromatic heterocycles. The molecule has 5 rings (SSSR count). The molecule has 0 bridgehead atoms. The fourth-order valence-corrected chi connectivity index (χ4v) is 5.70. The lowest BCUT2D eigenvalue weighted by Gasteiger charge is -2.32. The number of carboxylic acid groups (broad SMARTS) is 1. The number of likely N-dealkylation sites (tertiary alicyclic amines) is 1. The van der Waals surface area contributed by atoms with Gasteiger partial charge in [-0.3, -0.25) is 9.79 Å². The van der Waals surface area contributed by atoms with Gasteiger partial charge in [-0.25, -0.2) is 0 Å². The number of aliphatic imine (C=N–C) groups is 1. The number of benzene rings is 2. The van der Waals surface area contributed by atoms with E-state index in [4.69, 9.17) is 26.4 Å². The predicted octanol–water partition coefficient (Wildman–Crippen LogP) is 6.03. The van der Waals surface area contributed by atoms with Gasteiger partial charge in [0.05, 0.1) is 6.04 Å². The van der Waals surface area contributed by atoms with Crippen molar-refractivity contribution in [1.82, 2.24) is 4.90 Å². The summed E-state index contributed by atoms with van der Waals surface area (Å²) in [6.07, 6.45) is 12.4. The normalized spacial score (nSPS) is 23.1. The van der Waals surface area contributed by atoms with E-state index in [1.807, 2.05) is 36.6 Å². The molecule has 5 nitrogen and oxygen atoms in total. The zero-order chi connectivity index (χ0) is 24.9. The molecule has 1 N–H and O–H groups in total. The second-order valence-corrected chi connectivity index (χ2v) is 10.4. The van der Waals surface area contributed by atoms with Crippen LogP contribution in [0.2, 0.25) is 5.02 Å². The van der Waals surface area contributed by atoms with E-state index in [1.165, 1.54) is 24.0 Å². The van der Waals surface area contributed by atoms with Gasteiger partial charge in [0.15, 0.2) is 0 Å². The SMILES string of the molecule is O=C(O)CCc1ccc2c(c1)/C(=C/CCN1CCC(c3ccc(Cl)cc3)CC1)C1C=CC=NC1CO2. The van der Waals surface area contributed by atoms with Gasteiger partial charge in [0.2, 0.25) is 0 Å². The number of ether oxygens (including phenoxy) is 1. The number of hydrogen-bond acceptors (Lipinski definition) is 4. The molecular weight excluding hydrogens is 472 g/mol. The Labute approximate surface area is 218 Å². The fraction of sp³-hybridized carbons (Fsp3) is 0.400. The van der Waals surface area contributed by atoms with Crippen LogP contribution in [-0.4, -0.2) is 54.5 Å². The van der Waals surface area contributed by atoms with Crippen LogP contribution in [0, 0.1) is 5.92 Å². The van der Waals surface area contributed by atoms with Crippen LogP contribution in [0.3, 0.4) is 0 Å². The highest BCUT2D eigenvalue weighted by Gasteiger charge is 2.30. The molecule has 36 heavy (non-hydrogen) atoms. The number of carboxylic acids is 1. The molecule has 1 fully saturated rings. The summed E-state index contributed by atoms with van der Waals surface area (Å²) in [5.41, 5.74) is 4.74. The van der Waals surface area contributed by atoms with Crippen LogP contribution >= 0.6 is 11.6 Å². The Morgan fingerprint density at radius 3 is 2.75 bits per heavy atom. The minimum atomic E-state index is -0.776. The van der Waals surface area contributed by atoms with Gasteiger partial charge < -0.3 is 14.7 Å². The van der Waals surface area contributed by atoms with Crippen molar-refractivity contribution < 1.29 is 14.6 Å². The maximum atomic E-state index is 11.1. The van der Waals surface area contributed by atoms with E-state index in [2.05, 4.69) is 35.3 Å². The number of hydrogen-bond donors (Lipinski definition) is 1. The monoisotopic (exact) mass is 504 g/mol. The van der Waals surface area contributed by atoms with E-state index >= 15 is 0 Å². The number of aryl methyl sites for hydroxylation is 1. The third kappa shape index (κ3) is 5.91. The van der Waals surface area contributed by atoms with E-state index in [0.717, 1.165) is 48.0 Å². The number of dihydropyridines is 1. The highest BCUT2D eigenvalue weighted by Crippen LogP contribution is 2.40. The Balaban J connectivity index is 1.28. The topological polar surface area (TPSA) is 62.1 Å². The van der Waals surface area contributed by atoms with Gasteiger partial charge in [-0.15, -0.1) is 0 Å². The summed E-state index contributed by atoms with van der Waals surface area (Å²) >= 11 is 6.06. The first kappa shape index (κ1) is 24.8. The summed E-state index contributed by atoms with van der Waals surface area (Å²) in [5.74, 6) is 0.864. The van der Waals surface area contributed by atoms with Crippen LogP contribution in [0.25, 0.3) is 5.57 Å². The molecule has 188 valence electrons. The summed E-state index contributed by atoms with van der Waals surface area (Å²) in [7, 11) is 0. The van der Waals surface area contributed by atoms with Crippen LogP contribution in [0.5, 0.6) is 5.75 Å². The quantitative estimate of drug-likeness (QED) is 0.500. The molecule has 2 unspecified atom stereocenters. The van der Waals surface area contributed by atoms with Crippen molar-refractivity contribution in [2.24, 2.45) is 10.9 Å². The second kappa shape index (κ2) is 11.4. The van der Waals surface area contributed by atoms with Crippen molar-refractivity contribution in [2.45, 2.75) is 44.1 Å². The van der Waals surface area contributed by atoms with Crippen LogP contribution in [0.1, 0.15) is 48.3 Å². The van der Waals surface area contributed by atoms with Crippen LogP contribution in [0.4, 0.5) is 0 Å². The Morgan fingerprint density at radius 1 is 1.17 bits per heavy atom. The van der Waals surface area contributed by atoms with Gasteiger partial charge in [0.25, 0.3) is 0 Å². The lowest BCUT2D eigenvalue weighted by atomic mass is 9.84. The number of aliphatic carboxylic acids is 1. The first-order valence-electron chi connectivity index (χ1n) is 12.9. The highest BCUT2D eigenvalue weighted by molar-refractivity contribution is 6.30. The summed E-state index contributed by atoms with van der Waals surface area (Å²) in [4.78, 5) is 18.4. The predicted molar refractivity (Wildman–Crippen MR) is 145 cm³/mol. The Kier molecular flexibility index (Phi) is 7.88. The molecule has 2 aromatic rings. The molecule has 0 saturated carbocycles. The molecule has 0 amide bonds. The number of halogens is 1. The lowest BCUT2D eigenvalue weighted by molar-refractivity contribution is -0.136. The van der Waals surface area contributed by atoms with Gasteiger partial charge in [-0.2, -0.15) is 0 Å². The summed E-state index contributed by atoms with van der Waals surface area (Å²) < 4.78 is 6.16. The first-order chi connectivity index (χ1) is 17.6. The summed E-state index contributed by atoms with van der Waals surface area (Å²) in [6, 6.07) is 14.5. The summed E-state index contributed by atoms with van der Waals surface area (Å²) in [6.45, 7) is 3.77. The van der Waals surface area contributed by atoms with E-state index in [0.29, 0.717) is 18.9 Å². The summed E-state index contributed by atoms with van der Waals surface area (Å²) in [5, 5.41) is 9.92. The molecule has 3 heterocycles. The van der Waals surface area contributed by atoms with E-state index in [9.17, 15) is 4.79 Å². The number of fused-ring (bicyclic) bond motifs is 2. The molecule has 1 saturated heterocycles. The van der Waals surface area contributed by atoms with Crippen LogP contribution < -0.4 is 4.74 Å². The zero-order valence-electron chi connectivity index (χ0n) is 20.5. The van der Waals surface area contributed by atoms with Gasteiger partial charge >= 0.3 is 5.97 Å². The third-order valence-corrected chi connectivity index (χ3v) is 7.84. The molecule has 0 radical (unpaired) electrons. The first-order valence-corrected chi connectivity index (χ1v) is 13.3. The van der Waals surface area contributed by atoms with Crippen molar-refractivity contribution in [1.29, 1.82) is 0 Å². The van der Waals surface area contributed by atoms with Crippen molar-refractivity contribution in [3.63, 3.8) is 0 Å². The maximum absolute atomic E-state index is 11.1. The third-order valence-electron chi connectivity index (χ3n) is 7.59. The van der Waals surface area contributed by atoms with Gasteiger partial charge in [0.1, 0.15) is 12.4 Å². The lowest BCUT2D eigenvalue weighted by Crippen LogP contribution is -2.33. The molecular formula is C30H33ClN2O3. The van der Waals surface area contributed by atoms with Gasteiger partial charge in [-0.05, 0) is 91.7 Å². The van der Waals surface area contributed by atoms with Crippen LogP contribution in [-0.2, 0) is 11.2 Å². The van der Waals surface area contributed by atoms with E-state index in [1.54, 1.807) is 0 Å². The Hall–Kier alpha value is -2.89. The van der Waals surface area contributed by atoms with E-state index in [-0.39, 0.29) is 18.4 Å². The molecule has 2 atom stereocenters. The number of rotatable bonds is 7. The van der Waals surface area contributed by atoms with Crippen molar-refractivity contribution in [2.75, 3.05) is 26.2 Å². The Bertz CT molecular complexity index is 1160. The zero-order valence-corrected chi connectivity index (χ0v) is 21.2. The molecule has 0 spiro atoms. The minimum Gasteiger partial charge on any atom is -0.491 e. The van der Waals surface area contributed by atoms with Crippen molar-refractivity contribution in [3.05, 3.63) is 82.4 Å². The second-order valence-electron chi connectivity index (χ2n) is 9.93. The van der Waals surface area contributed by atoms with Gasteiger partial charge in [-0.1, -0.05) is 42.0 Å². The highest BCUT2D eigenvalue weighted by atomic mass is 35.5. The molecule has 2 aromatic carbocycles. The molecule has 3 aliphatic rings. The molecule has 3 aliphatic heterocycles. The van der Waals surface area contributed by atoms with Crippen molar-refractivity contribution >= 4 is 29.4 Å². The Morgan fingerprint density at radius 2 is 1.97 bits per heavy atom. The molecule has 6 heteroatoms. The number of allylic oxidation sites excluding steroid dienone is 1. The fourth-order valence-electron chi connectivity index (χ4n) is 5.57. The number of nitrogens with zero attached hydrogens (tertiary/aromatic N) is 2. The average Bonchev–Trinajstić information content (AvgIpc) is 3.05. The smallest absolute Gasteiger partial charge is 0.303 e. The maximum Gasteiger partial charge on any atom is 0.303 e. The van der Waals surface area contributed by atoms with Crippen LogP contribution in [0.15, 0.2) is 65.7 Å². The van der Waals surface area contributed by atoms with Crippen molar-refractivity contribution in [3.8, 4) is 5.75 Å².